The number of benzene rings is 1. The van der Waals surface area contributed by atoms with Gasteiger partial charge in [-0.3, -0.25) is 0 Å². The summed E-state index contributed by atoms with van der Waals surface area (Å²) in [5, 5.41) is 6.70. The van der Waals surface area contributed by atoms with E-state index in [0.717, 1.165) is 62.0 Å². The number of fused-ring (bicyclic) bond motifs is 1. The molecule has 6 heteroatoms. The second-order valence-corrected chi connectivity index (χ2v) is 6.78. The predicted octanol–water partition coefficient (Wildman–Crippen LogP) is 2.47. The van der Waals surface area contributed by atoms with Crippen LogP contribution in [0.15, 0.2) is 23.2 Å². The van der Waals surface area contributed by atoms with Gasteiger partial charge in [0.25, 0.3) is 0 Å². The van der Waals surface area contributed by atoms with Gasteiger partial charge in [0.2, 0.25) is 0 Å². The minimum atomic E-state index is -0.0918. The van der Waals surface area contributed by atoms with Crippen LogP contribution in [0, 0.1) is 0 Å². The van der Waals surface area contributed by atoms with Crippen LogP contribution in [-0.4, -0.2) is 44.5 Å². The minimum Gasteiger partial charge on any atom is -0.490 e. The third-order valence-electron chi connectivity index (χ3n) is 4.51. The summed E-state index contributed by atoms with van der Waals surface area (Å²) >= 11 is 0. The molecule has 1 atom stereocenters. The summed E-state index contributed by atoms with van der Waals surface area (Å²) < 4.78 is 17.3. The van der Waals surface area contributed by atoms with E-state index in [9.17, 15) is 0 Å². The van der Waals surface area contributed by atoms with Crippen LogP contribution < -0.4 is 20.1 Å². The zero-order valence-corrected chi connectivity index (χ0v) is 15.3. The zero-order valence-electron chi connectivity index (χ0n) is 15.3. The van der Waals surface area contributed by atoms with Crippen LogP contribution in [0.2, 0.25) is 0 Å². The first kappa shape index (κ1) is 17.9. The Labute approximate surface area is 149 Å². The number of nitrogens with zero attached hydrogens (tertiary/aromatic N) is 1. The minimum absolute atomic E-state index is 0.0918. The van der Waals surface area contributed by atoms with E-state index >= 15 is 0 Å². The fourth-order valence-electron chi connectivity index (χ4n) is 3.07. The van der Waals surface area contributed by atoms with Gasteiger partial charge in [-0.15, -0.1) is 0 Å². The zero-order chi connectivity index (χ0) is 17.5. The highest BCUT2D eigenvalue weighted by atomic mass is 16.5. The first-order valence-electron chi connectivity index (χ1n) is 9.23. The number of ether oxygens (including phenoxy) is 3. The topological polar surface area (TPSA) is 64.1 Å². The average molecular weight is 347 g/mol. The summed E-state index contributed by atoms with van der Waals surface area (Å²) in [7, 11) is 0. The molecule has 6 nitrogen and oxygen atoms in total. The van der Waals surface area contributed by atoms with Crippen LogP contribution in [-0.2, 0) is 11.3 Å². The van der Waals surface area contributed by atoms with Crippen molar-refractivity contribution in [1.29, 1.82) is 0 Å². The summed E-state index contributed by atoms with van der Waals surface area (Å²) in [6, 6.07) is 6.04. The van der Waals surface area contributed by atoms with Gasteiger partial charge in [0.15, 0.2) is 17.5 Å². The number of nitrogens with one attached hydrogen (secondary N) is 2. The van der Waals surface area contributed by atoms with Crippen molar-refractivity contribution in [3.63, 3.8) is 0 Å². The predicted molar refractivity (Wildman–Crippen MR) is 98.5 cm³/mol. The molecule has 1 aromatic carbocycles. The number of hydrogen-bond acceptors (Lipinski definition) is 4. The Morgan fingerprint density at radius 2 is 1.96 bits per heavy atom. The molecule has 0 amide bonds. The average Bonchev–Trinajstić information content (AvgIpc) is 2.91. The number of rotatable bonds is 5. The summed E-state index contributed by atoms with van der Waals surface area (Å²) in [6.07, 6.45) is 3.13. The standard InChI is InChI=1S/C19H29N3O3/c1-3-20-18(22-14-19(2)8-4-11-25-19)21-13-15-6-7-16-17(12-15)24-10-5-9-23-16/h6-7,12H,3-5,8-11,13-14H2,1-2H3,(H2,20,21,22). The third kappa shape index (κ3) is 5.01. The molecule has 0 bridgehead atoms. The van der Waals surface area contributed by atoms with Gasteiger partial charge in [0, 0.05) is 26.1 Å². The van der Waals surface area contributed by atoms with Gasteiger partial charge in [0.1, 0.15) is 0 Å². The summed E-state index contributed by atoms with van der Waals surface area (Å²) in [5.74, 6) is 2.45. The number of aliphatic imine (C=N–C) groups is 1. The molecule has 2 aliphatic rings. The Bertz CT molecular complexity index is 598. The van der Waals surface area contributed by atoms with Crippen molar-refractivity contribution in [2.45, 2.75) is 45.3 Å². The highest BCUT2D eigenvalue weighted by Gasteiger charge is 2.29. The van der Waals surface area contributed by atoms with Gasteiger partial charge in [-0.1, -0.05) is 6.07 Å². The molecule has 1 fully saturated rings. The number of guanidine groups is 1. The molecule has 2 aliphatic heterocycles. The summed E-state index contributed by atoms with van der Waals surface area (Å²) in [5.41, 5.74) is 1.01. The van der Waals surface area contributed by atoms with Crippen LogP contribution in [0.5, 0.6) is 11.5 Å². The fraction of sp³-hybridized carbons (Fsp3) is 0.632. The first-order valence-corrected chi connectivity index (χ1v) is 9.23. The van der Waals surface area contributed by atoms with Crippen LogP contribution in [0.4, 0.5) is 0 Å². The monoisotopic (exact) mass is 347 g/mol. The van der Waals surface area contributed by atoms with Crippen LogP contribution in [0.1, 0.15) is 38.7 Å². The van der Waals surface area contributed by atoms with Crippen LogP contribution >= 0.6 is 0 Å². The highest BCUT2D eigenvalue weighted by Crippen LogP contribution is 2.30. The largest absolute Gasteiger partial charge is 0.490 e. The van der Waals surface area contributed by atoms with E-state index in [1.54, 1.807) is 0 Å². The van der Waals surface area contributed by atoms with Crippen molar-refractivity contribution in [2.75, 3.05) is 32.9 Å². The molecule has 1 aromatic rings. The lowest BCUT2D eigenvalue weighted by Gasteiger charge is -2.24. The van der Waals surface area contributed by atoms with Crippen LogP contribution in [0.3, 0.4) is 0 Å². The van der Waals surface area contributed by atoms with Gasteiger partial charge in [-0.05, 0) is 44.4 Å². The molecule has 138 valence electrons. The van der Waals surface area contributed by atoms with Crippen molar-refractivity contribution in [3.05, 3.63) is 23.8 Å². The van der Waals surface area contributed by atoms with Gasteiger partial charge in [0.05, 0.1) is 25.4 Å². The van der Waals surface area contributed by atoms with Crippen molar-refractivity contribution >= 4 is 5.96 Å². The van der Waals surface area contributed by atoms with E-state index < -0.39 is 0 Å². The maximum absolute atomic E-state index is 5.83. The molecule has 1 unspecified atom stereocenters. The highest BCUT2D eigenvalue weighted by molar-refractivity contribution is 5.79. The fourth-order valence-corrected chi connectivity index (χ4v) is 3.07. The number of hydrogen-bond donors (Lipinski definition) is 2. The Hall–Kier alpha value is -1.95. The van der Waals surface area contributed by atoms with Crippen molar-refractivity contribution in [2.24, 2.45) is 4.99 Å². The van der Waals surface area contributed by atoms with Gasteiger partial charge < -0.3 is 24.8 Å². The summed E-state index contributed by atoms with van der Waals surface area (Å²) in [6.45, 7) is 8.65. The molecule has 0 radical (unpaired) electrons. The van der Waals surface area contributed by atoms with E-state index in [0.29, 0.717) is 19.8 Å². The Morgan fingerprint density at radius 1 is 1.12 bits per heavy atom. The van der Waals surface area contributed by atoms with E-state index in [4.69, 9.17) is 19.2 Å². The molecule has 2 heterocycles. The third-order valence-corrected chi connectivity index (χ3v) is 4.51. The Morgan fingerprint density at radius 3 is 2.72 bits per heavy atom. The van der Waals surface area contributed by atoms with Crippen molar-refractivity contribution in [1.82, 2.24) is 10.6 Å². The molecule has 1 saturated heterocycles. The van der Waals surface area contributed by atoms with E-state index in [-0.39, 0.29) is 5.60 Å². The molecular formula is C19H29N3O3. The maximum Gasteiger partial charge on any atom is 0.191 e. The lowest BCUT2D eigenvalue weighted by molar-refractivity contribution is 0.0243. The molecule has 0 spiro atoms. The van der Waals surface area contributed by atoms with Crippen molar-refractivity contribution < 1.29 is 14.2 Å². The molecular weight excluding hydrogens is 318 g/mol. The summed E-state index contributed by atoms with van der Waals surface area (Å²) in [4.78, 5) is 4.69. The first-order chi connectivity index (χ1) is 12.2. The normalized spacial score (nSPS) is 23.2. The smallest absolute Gasteiger partial charge is 0.191 e. The quantitative estimate of drug-likeness (QED) is 0.633. The second kappa shape index (κ2) is 8.43. The van der Waals surface area contributed by atoms with Gasteiger partial charge >= 0.3 is 0 Å². The van der Waals surface area contributed by atoms with Crippen LogP contribution in [0.25, 0.3) is 0 Å². The lowest BCUT2D eigenvalue weighted by atomic mass is 10.0. The van der Waals surface area contributed by atoms with E-state index in [1.165, 1.54) is 0 Å². The Balaban J connectivity index is 1.61. The molecule has 2 N–H and O–H groups in total. The molecule has 0 aliphatic carbocycles. The molecule has 0 saturated carbocycles. The van der Waals surface area contributed by atoms with E-state index in [2.05, 4.69) is 24.5 Å². The van der Waals surface area contributed by atoms with E-state index in [1.807, 2.05) is 18.2 Å². The maximum atomic E-state index is 5.83. The SMILES string of the molecule is CCNC(=NCc1ccc2c(c1)OCCCO2)NCC1(C)CCCO1. The van der Waals surface area contributed by atoms with Crippen molar-refractivity contribution in [3.8, 4) is 11.5 Å². The lowest BCUT2D eigenvalue weighted by Crippen LogP contribution is -2.45. The molecule has 25 heavy (non-hydrogen) atoms. The molecule has 0 aromatic heterocycles. The van der Waals surface area contributed by atoms with Gasteiger partial charge in [-0.2, -0.15) is 0 Å². The van der Waals surface area contributed by atoms with Gasteiger partial charge in [-0.25, -0.2) is 4.99 Å². The molecule has 3 rings (SSSR count). The Kier molecular flexibility index (Phi) is 6.02. The second-order valence-electron chi connectivity index (χ2n) is 6.78.